The molecule has 1 amide bonds. The van der Waals surface area contributed by atoms with Crippen LogP contribution in [-0.2, 0) is 14.8 Å². The molecule has 0 unspecified atom stereocenters. The van der Waals surface area contributed by atoms with Gasteiger partial charge in [0.15, 0.2) is 18.1 Å². The van der Waals surface area contributed by atoms with Crippen molar-refractivity contribution in [2.24, 2.45) is 5.14 Å². The first kappa shape index (κ1) is 18.8. The Morgan fingerprint density at radius 2 is 1.80 bits per heavy atom. The van der Waals surface area contributed by atoms with Crippen molar-refractivity contribution in [3.63, 3.8) is 0 Å². The number of ether oxygens (including phenoxy) is 2. The average Bonchev–Trinajstić information content (AvgIpc) is 2.56. The number of amides is 1. The van der Waals surface area contributed by atoms with Crippen LogP contribution in [0.4, 0.5) is 5.69 Å². The zero-order valence-corrected chi connectivity index (χ0v) is 15.0. The Hall–Kier alpha value is -2.58. The number of para-hydroxylation sites is 2. The Balaban J connectivity index is 2.14. The molecule has 0 aliphatic heterocycles. The van der Waals surface area contributed by atoms with Gasteiger partial charge in [0.25, 0.3) is 5.91 Å². The van der Waals surface area contributed by atoms with Crippen LogP contribution in [0.2, 0.25) is 0 Å². The lowest BCUT2D eigenvalue weighted by molar-refractivity contribution is -0.118. The summed E-state index contributed by atoms with van der Waals surface area (Å²) in [6.07, 6.45) is 0. The minimum absolute atomic E-state index is 0.0588. The minimum Gasteiger partial charge on any atom is -0.493 e. The molecule has 0 saturated carbocycles. The molecule has 0 spiro atoms. The molecule has 0 aliphatic carbocycles. The molecule has 0 saturated heterocycles. The van der Waals surface area contributed by atoms with Crippen LogP contribution in [0.5, 0.6) is 11.5 Å². The van der Waals surface area contributed by atoms with Crippen LogP contribution < -0.4 is 19.9 Å². The van der Waals surface area contributed by atoms with Crippen LogP contribution in [0, 0.1) is 13.8 Å². The molecule has 0 aliphatic rings. The predicted molar refractivity (Wildman–Crippen MR) is 94.4 cm³/mol. The number of methoxy groups -OCH3 is 1. The zero-order valence-electron chi connectivity index (χ0n) is 14.2. The fourth-order valence-corrected chi connectivity index (χ4v) is 2.81. The van der Waals surface area contributed by atoms with E-state index in [4.69, 9.17) is 14.6 Å². The summed E-state index contributed by atoms with van der Waals surface area (Å²) in [7, 11) is -2.36. The quantitative estimate of drug-likeness (QED) is 0.815. The number of rotatable bonds is 6. The summed E-state index contributed by atoms with van der Waals surface area (Å²) in [6, 6.07) is 9.75. The highest BCUT2D eigenvalue weighted by molar-refractivity contribution is 7.89. The van der Waals surface area contributed by atoms with E-state index in [0.29, 0.717) is 22.7 Å². The second-order valence-electron chi connectivity index (χ2n) is 5.45. The average molecular weight is 364 g/mol. The molecule has 2 aromatic carbocycles. The van der Waals surface area contributed by atoms with E-state index >= 15 is 0 Å². The molecule has 25 heavy (non-hydrogen) atoms. The van der Waals surface area contributed by atoms with Crippen LogP contribution in [0.25, 0.3) is 0 Å². The number of hydrogen-bond acceptors (Lipinski definition) is 5. The van der Waals surface area contributed by atoms with Crippen LogP contribution in [-0.4, -0.2) is 28.0 Å². The normalized spacial score (nSPS) is 11.0. The summed E-state index contributed by atoms with van der Waals surface area (Å²) >= 11 is 0. The van der Waals surface area contributed by atoms with Crippen LogP contribution in [0.3, 0.4) is 0 Å². The zero-order chi connectivity index (χ0) is 18.6. The Morgan fingerprint density at radius 3 is 2.40 bits per heavy atom. The highest BCUT2D eigenvalue weighted by Gasteiger charge is 2.15. The summed E-state index contributed by atoms with van der Waals surface area (Å²) < 4.78 is 33.7. The lowest BCUT2D eigenvalue weighted by atomic mass is 10.1. The van der Waals surface area contributed by atoms with Crippen LogP contribution in [0.15, 0.2) is 41.3 Å². The van der Waals surface area contributed by atoms with Gasteiger partial charge in [-0.25, -0.2) is 13.6 Å². The smallest absolute Gasteiger partial charge is 0.262 e. The van der Waals surface area contributed by atoms with Gasteiger partial charge in [0, 0.05) is 5.69 Å². The number of anilines is 1. The monoisotopic (exact) mass is 364 g/mol. The fraction of sp³-hybridized carbons (Fsp3) is 0.235. The first-order valence-corrected chi connectivity index (χ1v) is 8.96. The maximum absolute atomic E-state index is 12.2. The lowest BCUT2D eigenvalue weighted by Gasteiger charge is -2.14. The number of benzene rings is 2. The molecular weight excluding hydrogens is 344 g/mol. The molecule has 2 rings (SSSR count). The van der Waals surface area contributed by atoms with Gasteiger partial charge in [-0.3, -0.25) is 4.79 Å². The third-order valence-electron chi connectivity index (χ3n) is 3.67. The third kappa shape index (κ3) is 4.71. The first-order chi connectivity index (χ1) is 11.7. The van der Waals surface area contributed by atoms with Gasteiger partial charge in [0.05, 0.1) is 12.0 Å². The SMILES string of the molecule is COc1ccccc1OCC(=O)Nc1cc(S(N)(=O)=O)cc(C)c1C. The largest absolute Gasteiger partial charge is 0.493 e. The number of carbonyl (C=O) groups excluding carboxylic acids is 1. The second-order valence-corrected chi connectivity index (χ2v) is 7.01. The van der Waals surface area contributed by atoms with Gasteiger partial charge in [-0.1, -0.05) is 12.1 Å². The van der Waals surface area contributed by atoms with Crippen molar-refractivity contribution < 1.29 is 22.7 Å². The summed E-state index contributed by atoms with van der Waals surface area (Å²) in [5.41, 5.74) is 1.82. The first-order valence-electron chi connectivity index (χ1n) is 7.42. The lowest BCUT2D eigenvalue weighted by Crippen LogP contribution is -2.21. The molecule has 0 aromatic heterocycles. The summed E-state index contributed by atoms with van der Waals surface area (Å²) in [4.78, 5) is 12.1. The van der Waals surface area contributed by atoms with Gasteiger partial charge in [-0.15, -0.1) is 0 Å². The van der Waals surface area contributed by atoms with Gasteiger partial charge in [0.2, 0.25) is 10.0 Å². The van der Waals surface area contributed by atoms with E-state index in [9.17, 15) is 13.2 Å². The Labute approximate surface area is 146 Å². The van der Waals surface area contributed by atoms with Crippen molar-refractivity contribution in [3.05, 3.63) is 47.5 Å². The number of carbonyl (C=O) groups is 1. The number of hydrogen-bond donors (Lipinski definition) is 2. The fourth-order valence-electron chi connectivity index (χ4n) is 2.19. The van der Waals surface area contributed by atoms with Gasteiger partial charge in [-0.05, 0) is 49.2 Å². The van der Waals surface area contributed by atoms with Gasteiger partial charge in [0.1, 0.15) is 0 Å². The minimum atomic E-state index is -3.86. The van der Waals surface area contributed by atoms with E-state index in [1.807, 2.05) is 0 Å². The molecule has 0 bridgehead atoms. The molecule has 0 fully saturated rings. The number of nitrogens with two attached hydrogens (primary N) is 1. The van der Waals surface area contributed by atoms with E-state index in [1.54, 1.807) is 38.1 Å². The van der Waals surface area contributed by atoms with E-state index in [1.165, 1.54) is 19.2 Å². The van der Waals surface area contributed by atoms with Crippen molar-refractivity contribution in [2.45, 2.75) is 18.7 Å². The summed E-state index contributed by atoms with van der Waals surface area (Å²) in [5, 5.41) is 7.81. The standard InChI is InChI=1S/C17H20N2O5S/c1-11-8-13(25(18,21)22)9-14(12(11)2)19-17(20)10-24-16-7-5-4-6-15(16)23-3/h4-9H,10H2,1-3H3,(H,19,20)(H2,18,21,22). The van der Waals surface area contributed by atoms with E-state index < -0.39 is 15.9 Å². The van der Waals surface area contributed by atoms with Crippen molar-refractivity contribution in [3.8, 4) is 11.5 Å². The Morgan fingerprint density at radius 1 is 1.16 bits per heavy atom. The summed E-state index contributed by atoms with van der Waals surface area (Å²) in [5.74, 6) is 0.518. The van der Waals surface area contributed by atoms with Crippen molar-refractivity contribution >= 4 is 21.6 Å². The Kier molecular flexibility index (Phi) is 5.66. The molecule has 0 atom stereocenters. The maximum Gasteiger partial charge on any atom is 0.262 e. The van der Waals surface area contributed by atoms with E-state index in [0.717, 1.165) is 5.56 Å². The van der Waals surface area contributed by atoms with Crippen molar-refractivity contribution in [2.75, 3.05) is 19.0 Å². The molecule has 0 heterocycles. The molecule has 3 N–H and O–H groups in total. The van der Waals surface area contributed by atoms with E-state index in [2.05, 4.69) is 5.32 Å². The van der Waals surface area contributed by atoms with Gasteiger partial charge >= 0.3 is 0 Å². The molecule has 134 valence electrons. The third-order valence-corrected chi connectivity index (χ3v) is 4.56. The second kappa shape index (κ2) is 7.54. The number of sulfonamides is 1. The molecule has 0 radical (unpaired) electrons. The number of aryl methyl sites for hydroxylation is 1. The van der Waals surface area contributed by atoms with Crippen molar-refractivity contribution in [1.29, 1.82) is 0 Å². The maximum atomic E-state index is 12.2. The highest BCUT2D eigenvalue weighted by atomic mass is 32.2. The number of primary sulfonamides is 1. The summed E-state index contributed by atoms with van der Waals surface area (Å²) in [6.45, 7) is 3.27. The topological polar surface area (TPSA) is 108 Å². The predicted octanol–water partition coefficient (Wildman–Crippen LogP) is 1.98. The molecule has 7 nitrogen and oxygen atoms in total. The number of nitrogens with one attached hydrogen (secondary N) is 1. The van der Waals surface area contributed by atoms with Crippen molar-refractivity contribution in [1.82, 2.24) is 0 Å². The van der Waals surface area contributed by atoms with Crippen LogP contribution in [0.1, 0.15) is 11.1 Å². The highest BCUT2D eigenvalue weighted by Crippen LogP contribution is 2.26. The van der Waals surface area contributed by atoms with E-state index in [-0.39, 0.29) is 11.5 Å². The molecule has 2 aromatic rings. The molecular formula is C17H20N2O5S. The van der Waals surface area contributed by atoms with Crippen LogP contribution >= 0.6 is 0 Å². The Bertz CT molecular complexity index is 894. The molecule has 8 heteroatoms. The van der Waals surface area contributed by atoms with Gasteiger partial charge in [-0.2, -0.15) is 0 Å². The van der Waals surface area contributed by atoms with Gasteiger partial charge < -0.3 is 14.8 Å².